The lowest BCUT2D eigenvalue weighted by atomic mass is 10.1. The lowest BCUT2D eigenvalue weighted by Gasteiger charge is -2.11. The fraction of sp³-hybridized carbons (Fsp3) is 0.182. The highest BCUT2D eigenvalue weighted by Gasteiger charge is 2.29. The van der Waals surface area contributed by atoms with Gasteiger partial charge in [-0.1, -0.05) is 18.2 Å². The number of aryl methyl sites for hydroxylation is 2. The molecule has 7 heteroatoms. The van der Waals surface area contributed by atoms with E-state index in [-0.39, 0.29) is 23.6 Å². The number of anilines is 1. The molecule has 0 saturated heterocycles. The molecule has 0 unspecified atom stereocenters. The van der Waals surface area contributed by atoms with Crippen molar-refractivity contribution in [2.75, 3.05) is 5.32 Å². The lowest BCUT2D eigenvalue weighted by Crippen LogP contribution is -2.22. The molecule has 0 aliphatic carbocycles. The highest BCUT2D eigenvalue weighted by molar-refractivity contribution is 6.04. The van der Waals surface area contributed by atoms with Gasteiger partial charge in [0, 0.05) is 18.0 Å². The molecular weight excluding hydrogens is 381 g/mol. The van der Waals surface area contributed by atoms with Crippen molar-refractivity contribution in [2.45, 2.75) is 26.6 Å². The Morgan fingerprint density at radius 2 is 1.59 bits per heavy atom. The number of pyridine rings is 1. The molecule has 0 fully saturated rings. The summed E-state index contributed by atoms with van der Waals surface area (Å²) in [5.41, 5.74) is 2.35. The van der Waals surface area contributed by atoms with Crippen molar-refractivity contribution < 1.29 is 18.0 Å². The second kappa shape index (κ2) is 7.95. The van der Waals surface area contributed by atoms with Crippen LogP contribution in [0.2, 0.25) is 0 Å². The summed E-state index contributed by atoms with van der Waals surface area (Å²) in [7, 11) is 0. The molecule has 150 valence electrons. The molecule has 0 atom stereocenters. The number of amides is 1. The maximum atomic E-state index is 12.7. The van der Waals surface area contributed by atoms with Gasteiger partial charge >= 0.3 is 6.18 Å². The molecule has 0 radical (unpaired) electrons. The van der Waals surface area contributed by atoms with Crippen molar-refractivity contribution in [1.29, 1.82) is 0 Å². The zero-order valence-electron chi connectivity index (χ0n) is 15.9. The number of carbonyl (C=O) groups is 1. The Balaban J connectivity index is 1.80. The Morgan fingerprint density at radius 1 is 0.966 bits per heavy atom. The van der Waals surface area contributed by atoms with Gasteiger partial charge in [0.1, 0.15) is 0 Å². The van der Waals surface area contributed by atoms with Gasteiger partial charge < -0.3 is 9.88 Å². The minimum Gasteiger partial charge on any atom is -0.322 e. The number of carbonyl (C=O) groups excluding carboxylic acids is 1. The van der Waals surface area contributed by atoms with Gasteiger partial charge in [-0.25, -0.2) is 0 Å². The normalized spacial score (nSPS) is 11.3. The van der Waals surface area contributed by atoms with Crippen molar-refractivity contribution in [3.63, 3.8) is 0 Å². The monoisotopic (exact) mass is 400 g/mol. The molecule has 0 bridgehead atoms. The van der Waals surface area contributed by atoms with Crippen LogP contribution >= 0.6 is 0 Å². The van der Waals surface area contributed by atoms with E-state index in [2.05, 4.69) is 5.32 Å². The Bertz CT molecular complexity index is 1080. The molecule has 0 aliphatic heterocycles. The van der Waals surface area contributed by atoms with Crippen molar-refractivity contribution >= 4 is 11.6 Å². The number of hydrogen-bond acceptors (Lipinski definition) is 2. The largest absolute Gasteiger partial charge is 0.416 e. The predicted molar refractivity (Wildman–Crippen MR) is 105 cm³/mol. The van der Waals surface area contributed by atoms with Crippen LogP contribution in [0.4, 0.5) is 18.9 Å². The van der Waals surface area contributed by atoms with Gasteiger partial charge in [-0.05, 0) is 60.9 Å². The van der Waals surface area contributed by atoms with Crippen molar-refractivity contribution in [2.24, 2.45) is 0 Å². The number of alkyl halides is 3. The minimum absolute atomic E-state index is 0.0572. The predicted octanol–water partition coefficient (Wildman–Crippen LogP) is 4.78. The first-order valence-corrected chi connectivity index (χ1v) is 8.88. The Labute approximate surface area is 165 Å². The summed E-state index contributed by atoms with van der Waals surface area (Å²) in [6, 6.07) is 12.9. The average molecular weight is 400 g/mol. The topological polar surface area (TPSA) is 51.1 Å². The van der Waals surface area contributed by atoms with Crippen LogP contribution in [-0.4, -0.2) is 10.5 Å². The summed E-state index contributed by atoms with van der Waals surface area (Å²) < 4.78 is 39.3. The number of halogens is 3. The van der Waals surface area contributed by atoms with Crippen LogP contribution < -0.4 is 10.9 Å². The highest BCUT2D eigenvalue weighted by atomic mass is 19.4. The molecule has 4 nitrogen and oxygen atoms in total. The van der Waals surface area contributed by atoms with Gasteiger partial charge in [-0.15, -0.1) is 0 Å². The molecule has 1 N–H and O–H groups in total. The van der Waals surface area contributed by atoms with Crippen LogP contribution in [0.1, 0.15) is 32.6 Å². The molecule has 1 amide bonds. The van der Waals surface area contributed by atoms with Crippen molar-refractivity contribution in [3.8, 4) is 0 Å². The Hall–Kier alpha value is -3.35. The lowest BCUT2D eigenvalue weighted by molar-refractivity contribution is -0.137. The second-order valence-corrected chi connectivity index (χ2v) is 6.91. The molecule has 0 spiro atoms. The summed E-state index contributed by atoms with van der Waals surface area (Å²) in [5, 5.41) is 2.80. The minimum atomic E-state index is -4.42. The van der Waals surface area contributed by atoms with E-state index < -0.39 is 11.7 Å². The number of nitrogens with one attached hydrogen (secondary N) is 1. The first kappa shape index (κ1) is 20.4. The molecule has 3 rings (SSSR count). The van der Waals surface area contributed by atoms with E-state index in [0.717, 1.165) is 23.3 Å². The van der Waals surface area contributed by atoms with Gasteiger partial charge in [0.25, 0.3) is 11.5 Å². The van der Waals surface area contributed by atoms with E-state index in [4.69, 9.17) is 0 Å². The summed E-state index contributed by atoms with van der Waals surface area (Å²) in [5.74, 6) is -0.379. The van der Waals surface area contributed by atoms with E-state index >= 15 is 0 Å². The van der Waals surface area contributed by atoms with E-state index in [0.29, 0.717) is 11.3 Å². The molecule has 0 aliphatic rings. The van der Waals surface area contributed by atoms with Crippen LogP contribution in [0.15, 0.2) is 65.6 Å². The van der Waals surface area contributed by atoms with Gasteiger partial charge in [0.05, 0.1) is 17.7 Å². The molecule has 2 aromatic carbocycles. The maximum Gasteiger partial charge on any atom is 0.416 e. The third kappa shape index (κ3) is 5.13. The van der Waals surface area contributed by atoms with Crippen molar-refractivity contribution in [1.82, 2.24) is 4.57 Å². The zero-order valence-corrected chi connectivity index (χ0v) is 15.9. The zero-order chi connectivity index (χ0) is 21.2. The van der Waals surface area contributed by atoms with Gasteiger partial charge in [-0.3, -0.25) is 9.59 Å². The number of nitrogens with zero attached hydrogens (tertiary/aromatic N) is 1. The first-order valence-electron chi connectivity index (χ1n) is 8.88. The molecule has 29 heavy (non-hydrogen) atoms. The van der Waals surface area contributed by atoms with Gasteiger partial charge in [0.2, 0.25) is 0 Å². The Kier molecular flexibility index (Phi) is 5.59. The third-order valence-electron chi connectivity index (χ3n) is 4.36. The number of aromatic nitrogens is 1. The summed E-state index contributed by atoms with van der Waals surface area (Å²) in [4.78, 5) is 24.7. The van der Waals surface area contributed by atoms with E-state index in [1.54, 1.807) is 0 Å². The Morgan fingerprint density at radius 3 is 2.17 bits per heavy atom. The summed E-state index contributed by atoms with van der Waals surface area (Å²) in [6.45, 7) is 3.90. The van der Waals surface area contributed by atoms with Gasteiger partial charge in [0.15, 0.2) is 0 Å². The first-order chi connectivity index (χ1) is 13.6. The smallest absolute Gasteiger partial charge is 0.322 e. The fourth-order valence-electron chi connectivity index (χ4n) is 3.04. The van der Waals surface area contributed by atoms with Crippen LogP contribution in [0.25, 0.3) is 0 Å². The third-order valence-corrected chi connectivity index (χ3v) is 4.36. The summed E-state index contributed by atoms with van der Waals surface area (Å²) >= 11 is 0. The van der Waals surface area contributed by atoms with Gasteiger partial charge in [-0.2, -0.15) is 13.2 Å². The SMILES string of the molecule is Cc1cc(C)cc(NC(=O)c2ccc(=O)n(Cc3ccc(C(F)(F)F)cc3)c2)c1. The summed E-state index contributed by atoms with van der Waals surface area (Å²) in [6.07, 6.45) is -3.01. The second-order valence-electron chi connectivity index (χ2n) is 6.91. The fourth-order valence-corrected chi connectivity index (χ4v) is 3.04. The molecule has 1 aromatic heterocycles. The van der Waals surface area contributed by atoms with Crippen LogP contribution in [0.3, 0.4) is 0 Å². The van der Waals surface area contributed by atoms with E-state index in [1.807, 2.05) is 32.0 Å². The average Bonchev–Trinajstić information content (AvgIpc) is 2.62. The molecule has 1 heterocycles. The number of benzene rings is 2. The molecule has 3 aromatic rings. The number of rotatable bonds is 4. The van der Waals surface area contributed by atoms with Crippen LogP contribution in [-0.2, 0) is 12.7 Å². The van der Waals surface area contributed by atoms with Crippen LogP contribution in [0.5, 0.6) is 0 Å². The van der Waals surface area contributed by atoms with E-state index in [1.165, 1.54) is 35.0 Å². The molecular formula is C22H19F3N2O2. The maximum absolute atomic E-state index is 12.7. The van der Waals surface area contributed by atoms with Crippen LogP contribution in [0, 0.1) is 13.8 Å². The molecule has 0 saturated carbocycles. The van der Waals surface area contributed by atoms with Crippen molar-refractivity contribution in [3.05, 3.63) is 99.0 Å². The van der Waals surface area contributed by atoms with E-state index in [9.17, 15) is 22.8 Å². The quantitative estimate of drug-likeness (QED) is 0.685. The number of hydrogen-bond donors (Lipinski definition) is 1. The standard InChI is InChI=1S/C22H19F3N2O2/c1-14-9-15(2)11-19(10-14)26-21(29)17-5-8-20(28)27(13-17)12-16-3-6-18(7-4-16)22(23,24)25/h3-11,13H,12H2,1-2H3,(H,26,29). The highest BCUT2D eigenvalue weighted by Crippen LogP contribution is 2.29.